The summed E-state index contributed by atoms with van der Waals surface area (Å²) in [6, 6.07) is 3.90. The minimum atomic E-state index is -4.88. The molecule has 1 rings (SSSR count). The summed E-state index contributed by atoms with van der Waals surface area (Å²) in [5.74, 6) is 0. The predicted molar refractivity (Wildman–Crippen MR) is 62.8 cm³/mol. The van der Waals surface area contributed by atoms with E-state index < -0.39 is 28.8 Å². The molecular formula is C10H13F3N2O3S. The van der Waals surface area contributed by atoms with Gasteiger partial charge in [0.1, 0.15) is 0 Å². The molecule has 1 atom stereocenters. The average molecular weight is 298 g/mol. The molecule has 0 aliphatic rings. The topological polar surface area (TPSA) is 92.4 Å². The number of sulfonamides is 1. The van der Waals surface area contributed by atoms with Crippen LogP contribution in [0.3, 0.4) is 0 Å². The van der Waals surface area contributed by atoms with Crippen molar-refractivity contribution in [2.45, 2.75) is 24.1 Å². The molecular weight excluding hydrogens is 285 g/mol. The highest BCUT2D eigenvalue weighted by atomic mass is 32.2. The normalized spacial score (nSPS) is 14.4. The maximum Gasteiger partial charge on any atom is 0.415 e. The molecule has 1 aromatic rings. The van der Waals surface area contributed by atoms with Crippen LogP contribution in [-0.2, 0) is 10.0 Å². The number of nitrogen functional groups attached to an aromatic ring is 1. The van der Waals surface area contributed by atoms with Crippen LogP contribution in [0.2, 0.25) is 0 Å². The van der Waals surface area contributed by atoms with E-state index in [9.17, 15) is 21.6 Å². The lowest BCUT2D eigenvalue weighted by molar-refractivity contribution is -0.200. The molecule has 0 heterocycles. The molecule has 0 fully saturated rings. The van der Waals surface area contributed by atoms with Crippen LogP contribution in [0.15, 0.2) is 23.1 Å². The molecule has 108 valence electrons. The molecule has 0 radical (unpaired) electrons. The maximum absolute atomic E-state index is 12.1. The fourth-order valence-corrected chi connectivity index (χ4v) is 2.50. The van der Waals surface area contributed by atoms with Gasteiger partial charge in [0, 0.05) is 12.2 Å². The number of nitrogens with one attached hydrogen (secondary N) is 1. The molecule has 9 heteroatoms. The molecule has 0 aromatic heterocycles. The standard InChI is InChI=1S/C10H13F3N2O3S/c1-6-2-7(14)4-8(3-6)19(17,18)15-5-9(16)10(11,12)13/h2-4,9,15-16H,5,14H2,1H3. The number of aliphatic hydroxyl groups is 1. The lowest BCUT2D eigenvalue weighted by Gasteiger charge is -2.15. The first-order chi connectivity index (χ1) is 8.52. The Balaban J connectivity index is 2.88. The van der Waals surface area contributed by atoms with Crippen LogP contribution in [0.1, 0.15) is 5.56 Å². The van der Waals surface area contributed by atoms with E-state index in [0.29, 0.717) is 5.56 Å². The monoisotopic (exact) mass is 298 g/mol. The largest absolute Gasteiger partial charge is 0.415 e. The number of hydrogen-bond donors (Lipinski definition) is 3. The van der Waals surface area contributed by atoms with Crippen LogP contribution in [0.5, 0.6) is 0 Å². The van der Waals surface area contributed by atoms with Gasteiger partial charge in [0.25, 0.3) is 0 Å². The van der Waals surface area contributed by atoms with Crippen LogP contribution >= 0.6 is 0 Å². The molecule has 19 heavy (non-hydrogen) atoms. The van der Waals surface area contributed by atoms with Gasteiger partial charge in [-0.05, 0) is 30.7 Å². The predicted octanol–water partition coefficient (Wildman–Crippen LogP) is 0.779. The second-order valence-corrected chi connectivity index (χ2v) is 5.76. The summed E-state index contributed by atoms with van der Waals surface area (Å²) in [5.41, 5.74) is 6.19. The van der Waals surface area contributed by atoms with Crippen LogP contribution in [-0.4, -0.2) is 32.3 Å². The Morgan fingerprint density at radius 3 is 2.42 bits per heavy atom. The SMILES string of the molecule is Cc1cc(N)cc(S(=O)(=O)NCC(O)C(F)(F)F)c1. The average Bonchev–Trinajstić information content (AvgIpc) is 2.23. The van der Waals surface area contributed by atoms with Gasteiger partial charge in [0.05, 0.1) is 4.90 Å². The summed E-state index contributed by atoms with van der Waals surface area (Å²) in [5, 5.41) is 8.73. The van der Waals surface area contributed by atoms with Gasteiger partial charge >= 0.3 is 6.18 Å². The van der Waals surface area contributed by atoms with Crippen molar-refractivity contribution in [3.8, 4) is 0 Å². The number of hydrogen-bond acceptors (Lipinski definition) is 4. The summed E-state index contributed by atoms with van der Waals surface area (Å²) in [6.45, 7) is 0.444. The van der Waals surface area contributed by atoms with Crippen molar-refractivity contribution in [3.63, 3.8) is 0 Å². The van der Waals surface area contributed by atoms with Gasteiger partial charge in [-0.15, -0.1) is 0 Å². The summed E-state index contributed by atoms with van der Waals surface area (Å²) in [4.78, 5) is -0.251. The molecule has 0 saturated carbocycles. The molecule has 0 spiro atoms. The first kappa shape index (κ1) is 15.7. The molecule has 0 amide bonds. The Labute approximate surface area is 108 Å². The Morgan fingerprint density at radius 2 is 1.95 bits per heavy atom. The van der Waals surface area contributed by atoms with Gasteiger partial charge in [-0.2, -0.15) is 13.2 Å². The van der Waals surface area contributed by atoms with Gasteiger partial charge in [-0.1, -0.05) is 0 Å². The van der Waals surface area contributed by atoms with E-state index in [0.717, 1.165) is 6.07 Å². The summed E-state index contributed by atoms with van der Waals surface area (Å²) in [7, 11) is -4.15. The molecule has 0 saturated heterocycles. The zero-order valence-electron chi connectivity index (χ0n) is 9.90. The van der Waals surface area contributed by atoms with Crippen molar-refractivity contribution < 1.29 is 26.7 Å². The van der Waals surface area contributed by atoms with Gasteiger partial charge in [0.2, 0.25) is 10.0 Å². The molecule has 0 bridgehead atoms. The third-order valence-electron chi connectivity index (χ3n) is 2.23. The van der Waals surface area contributed by atoms with Crippen LogP contribution in [0.25, 0.3) is 0 Å². The highest BCUT2D eigenvalue weighted by molar-refractivity contribution is 7.89. The number of aryl methyl sites for hydroxylation is 1. The molecule has 5 nitrogen and oxygen atoms in total. The van der Waals surface area contributed by atoms with E-state index in [1.807, 2.05) is 0 Å². The van der Waals surface area contributed by atoms with E-state index in [2.05, 4.69) is 0 Å². The summed E-state index contributed by atoms with van der Waals surface area (Å²) in [6.07, 6.45) is -7.64. The van der Waals surface area contributed by atoms with Crippen molar-refractivity contribution in [2.75, 3.05) is 12.3 Å². The number of benzene rings is 1. The first-order valence-corrected chi connectivity index (χ1v) is 6.62. The number of nitrogens with two attached hydrogens (primary N) is 1. The van der Waals surface area contributed by atoms with Gasteiger partial charge in [-0.25, -0.2) is 13.1 Å². The Kier molecular flexibility index (Phi) is 4.43. The second kappa shape index (κ2) is 5.35. The maximum atomic E-state index is 12.1. The minimum Gasteiger partial charge on any atom is -0.399 e. The fraction of sp³-hybridized carbons (Fsp3) is 0.400. The van der Waals surface area contributed by atoms with Gasteiger partial charge in [0.15, 0.2) is 6.10 Å². The summed E-state index contributed by atoms with van der Waals surface area (Å²) >= 11 is 0. The third-order valence-corrected chi connectivity index (χ3v) is 3.63. The molecule has 0 aliphatic heterocycles. The third kappa shape index (κ3) is 4.37. The van der Waals surface area contributed by atoms with Crippen LogP contribution in [0, 0.1) is 6.92 Å². The van der Waals surface area contributed by atoms with E-state index in [4.69, 9.17) is 10.8 Å². The van der Waals surface area contributed by atoms with E-state index in [1.165, 1.54) is 12.1 Å². The Bertz CT molecular complexity index is 537. The number of aliphatic hydroxyl groups excluding tert-OH is 1. The first-order valence-electron chi connectivity index (χ1n) is 5.14. The van der Waals surface area contributed by atoms with Gasteiger partial charge in [-0.3, -0.25) is 0 Å². The van der Waals surface area contributed by atoms with E-state index in [1.54, 1.807) is 11.6 Å². The summed E-state index contributed by atoms with van der Waals surface area (Å²) < 4.78 is 61.3. The Hall–Kier alpha value is -1.32. The number of halogens is 3. The number of anilines is 1. The van der Waals surface area contributed by atoms with E-state index >= 15 is 0 Å². The zero-order valence-corrected chi connectivity index (χ0v) is 10.7. The fourth-order valence-electron chi connectivity index (χ4n) is 1.32. The molecule has 1 unspecified atom stereocenters. The van der Waals surface area contributed by atoms with Gasteiger partial charge < -0.3 is 10.8 Å². The lowest BCUT2D eigenvalue weighted by atomic mass is 10.2. The van der Waals surface area contributed by atoms with Crippen molar-refractivity contribution in [1.82, 2.24) is 4.72 Å². The highest BCUT2D eigenvalue weighted by Gasteiger charge is 2.38. The second-order valence-electron chi connectivity index (χ2n) is 3.99. The van der Waals surface area contributed by atoms with Crippen molar-refractivity contribution in [1.29, 1.82) is 0 Å². The Morgan fingerprint density at radius 1 is 1.37 bits per heavy atom. The molecule has 4 N–H and O–H groups in total. The molecule has 0 aliphatic carbocycles. The van der Waals surface area contributed by atoms with Crippen LogP contribution in [0.4, 0.5) is 18.9 Å². The van der Waals surface area contributed by atoms with Crippen molar-refractivity contribution in [3.05, 3.63) is 23.8 Å². The number of rotatable bonds is 4. The molecule has 1 aromatic carbocycles. The minimum absolute atomic E-state index is 0.178. The number of alkyl halides is 3. The van der Waals surface area contributed by atoms with Crippen molar-refractivity contribution >= 4 is 15.7 Å². The lowest BCUT2D eigenvalue weighted by Crippen LogP contribution is -2.40. The van der Waals surface area contributed by atoms with Crippen molar-refractivity contribution in [2.24, 2.45) is 0 Å². The van der Waals surface area contributed by atoms with Crippen LogP contribution < -0.4 is 10.5 Å². The smallest absolute Gasteiger partial charge is 0.399 e. The quantitative estimate of drug-likeness (QED) is 0.716. The zero-order chi connectivity index (χ0) is 14.8. The highest BCUT2D eigenvalue weighted by Crippen LogP contribution is 2.20. The van der Waals surface area contributed by atoms with E-state index in [-0.39, 0.29) is 10.6 Å².